The third-order valence-corrected chi connectivity index (χ3v) is 3.89. The molecule has 19 heavy (non-hydrogen) atoms. The third-order valence-electron chi connectivity index (χ3n) is 2.77. The van der Waals surface area contributed by atoms with Crippen molar-refractivity contribution in [3.8, 4) is 16.3 Å². The molecule has 0 saturated heterocycles. The Kier molecular flexibility index (Phi) is 3.85. The Morgan fingerprint density at radius 2 is 2.16 bits per heavy atom. The van der Waals surface area contributed by atoms with E-state index in [0.29, 0.717) is 5.75 Å². The maximum atomic E-state index is 10.8. The van der Waals surface area contributed by atoms with E-state index >= 15 is 0 Å². The zero-order valence-electron chi connectivity index (χ0n) is 11.0. The summed E-state index contributed by atoms with van der Waals surface area (Å²) in [7, 11) is 0. The van der Waals surface area contributed by atoms with Crippen LogP contribution in [0.2, 0.25) is 0 Å². The van der Waals surface area contributed by atoms with Crippen molar-refractivity contribution in [1.82, 2.24) is 4.98 Å². The molecular formula is C14H15NO3S. The number of benzene rings is 1. The fraction of sp³-hybridized carbons (Fsp3) is 0.286. The van der Waals surface area contributed by atoms with Crippen LogP contribution in [0.1, 0.15) is 17.5 Å². The number of carboxylic acid groups (broad SMARTS) is 1. The summed E-state index contributed by atoms with van der Waals surface area (Å²) in [5.74, 6) is -0.441. The summed E-state index contributed by atoms with van der Waals surface area (Å²) in [6.07, 6.45) is -0.866. The first-order chi connectivity index (χ1) is 8.97. The van der Waals surface area contributed by atoms with Gasteiger partial charge in [0.05, 0.1) is 5.69 Å². The van der Waals surface area contributed by atoms with Crippen LogP contribution in [0, 0.1) is 13.8 Å². The van der Waals surface area contributed by atoms with Crippen LogP contribution in [0.25, 0.3) is 10.6 Å². The highest BCUT2D eigenvalue weighted by atomic mass is 32.1. The van der Waals surface area contributed by atoms with Gasteiger partial charge in [0.25, 0.3) is 0 Å². The van der Waals surface area contributed by atoms with E-state index in [4.69, 9.17) is 9.84 Å². The number of hydrogen-bond donors (Lipinski definition) is 1. The molecule has 1 unspecified atom stereocenters. The molecule has 1 aromatic carbocycles. The second-order valence-corrected chi connectivity index (χ2v) is 5.49. The van der Waals surface area contributed by atoms with Gasteiger partial charge < -0.3 is 9.84 Å². The van der Waals surface area contributed by atoms with Gasteiger partial charge in [0.2, 0.25) is 0 Å². The third kappa shape index (κ3) is 3.12. The number of aliphatic carboxylic acids is 1. The zero-order valence-corrected chi connectivity index (χ0v) is 11.8. The molecule has 5 heteroatoms. The Labute approximate surface area is 115 Å². The number of carboxylic acids is 1. The lowest BCUT2D eigenvalue weighted by atomic mass is 10.2. The van der Waals surface area contributed by atoms with Crippen LogP contribution in [0.15, 0.2) is 24.3 Å². The summed E-state index contributed by atoms with van der Waals surface area (Å²) in [6.45, 7) is 5.51. The maximum absolute atomic E-state index is 10.8. The molecule has 0 spiro atoms. The van der Waals surface area contributed by atoms with Crippen LogP contribution in [0.3, 0.4) is 0 Å². The molecule has 0 radical (unpaired) electrons. The van der Waals surface area contributed by atoms with Crippen molar-refractivity contribution in [2.45, 2.75) is 26.9 Å². The Balaban J connectivity index is 2.26. The molecule has 100 valence electrons. The zero-order chi connectivity index (χ0) is 14.0. The summed E-state index contributed by atoms with van der Waals surface area (Å²) in [4.78, 5) is 16.4. The van der Waals surface area contributed by atoms with Gasteiger partial charge in [0, 0.05) is 10.4 Å². The smallest absolute Gasteiger partial charge is 0.344 e. The summed E-state index contributed by atoms with van der Waals surface area (Å²) in [5, 5.41) is 9.75. The number of thiazole rings is 1. The monoisotopic (exact) mass is 277 g/mol. The van der Waals surface area contributed by atoms with Crippen molar-refractivity contribution in [2.75, 3.05) is 0 Å². The predicted octanol–water partition coefficient (Wildman–Crippen LogP) is 3.28. The first kappa shape index (κ1) is 13.5. The molecule has 0 fully saturated rings. The number of rotatable bonds is 4. The predicted molar refractivity (Wildman–Crippen MR) is 74.7 cm³/mol. The molecule has 0 aliphatic carbocycles. The average Bonchev–Trinajstić information content (AvgIpc) is 2.70. The van der Waals surface area contributed by atoms with Gasteiger partial charge in [-0.15, -0.1) is 11.3 Å². The van der Waals surface area contributed by atoms with E-state index in [1.165, 1.54) is 11.8 Å². The first-order valence-electron chi connectivity index (χ1n) is 5.91. The number of ether oxygens (including phenoxy) is 1. The van der Waals surface area contributed by atoms with Gasteiger partial charge in [0.1, 0.15) is 10.8 Å². The molecule has 0 aliphatic heterocycles. The van der Waals surface area contributed by atoms with Crippen molar-refractivity contribution in [3.05, 3.63) is 34.8 Å². The topological polar surface area (TPSA) is 59.4 Å². The Morgan fingerprint density at radius 1 is 1.42 bits per heavy atom. The van der Waals surface area contributed by atoms with Gasteiger partial charge in [-0.3, -0.25) is 0 Å². The van der Waals surface area contributed by atoms with Crippen LogP contribution in [0.4, 0.5) is 0 Å². The van der Waals surface area contributed by atoms with Gasteiger partial charge in [-0.25, -0.2) is 9.78 Å². The van der Waals surface area contributed by atoms with E-state index < -0.39 is 12.1 Å². The fourth-order valence-electron chi connectivity index (χ4n) is 1.55. The second kappa shape index (κ2) is 5.40. The Hall–Kier alpha value is -1.88. The number of aryl methyl sites for hydroxylation is 2. The Bertz CT molecular complexity index is 587. The van der Waals surface area contributed by atoms with Gasteiger partial charge in [-0.1, -0.05) is 12.1 Å². The lowest BCUT2D eigenvalue weighted by Gasteiger charge is -2.10. The minimum atomic E-state index is -0.980. The lowest BCUT2D eigenvalue weighted by Crippen LogP contribution is -2.22. The van der Waals surface area contributed by atoms with Crippen molar-refractivity contribution in [3.63, 3.8) is 0 Å². The molecular weight excluding hydrogens is 262 g/mol. The van der Waals surface area contributed by atoms with Gasteiger partial charge in [-0.05, 0) is 32.9 Å². The SMILES string of the molecule is Cc1nc(-c2cccc(OC(C)C(=O)O)c2)sc1C. The van der Waals surface area contributed by atoms with E-state index in [1.807, 2.05) is 32.0 Å². The lowest BCUT2D eigenvalue weighted by molar-refractivity contribution is -0.144. The highest BCUT2D eigenvalue weighted by Crippen LogP contribution is 2.29. The van der Waals surface area contributed by atoms with Crippen molar-refractivity contribution in [2.24, 2.45) is 0 Å². The van der Waals surface area contributed by atoms with Crippen molar-refractivity contribution < 1.29 is 14.6 Å². The highest BCUT2D eigenvalue weighted by Gasteiger charge is 2.13. The largest absolute Gasteiger partial charge is 0.479 e. The van der Waals surface area contributed by atoms with Gasteiger partial charge >= 0.3 is 5.97 Å². The Morgan fingerprint density at radius 3 is 2.74 bits per heavy atom. The maximum Gasteiger partial charge on any atom is 0.344 e. The number of nitrogens with zero attached hydrogens (tertiary/aromatic N) is 1. The number of hydrogen-bond acceptors (Lipinski definition) is 4. The minimum absolute atomic E-state index is 0.540. The van der Waals surface area contributed by atoms with E-state index in [9.17, 15) is 4.79 Å². The number of carbonyl (C=O) groups is 1. The molecule has 0 bridgehead atoms. The molecule has 1 heterocycles. The average molecular weight is 277 g/mol. The number of aromatic nitrogens is 1. The summed E-state index contributed by atoms with van der Waals surface area (Å²) in [6, 6.07) is 7.34. The molecule has 1 N–H and O–H groups in total. The molecule has 0 saturated carbocycles. The molecule has 0 aliphatic rings. The highest BCUT2D eigenvalue weighted by molar-refractivity contribution is 7.15. The first-order valence-corrected chi connectivity index (χ1v) is 6.73. The molecule has 2 rings (SSSR count). The summed E-state index contributed by atoms with van der Waals surface area (Å²) >= 11 is 1.62. The van der Waals surface area contributed by atoms with Crippen LogP contribution in [0.5, 0.6) is 5.75 Å². The van der Waals surface area contributed by atoms with E-state index in [1.54, 1.807) is 17.4 Å². The normalized spacial score (nSPS) is 12.2. The van der Waals surface area contributed by atoms with Gasteiger partial charge in [-0.2, -0.15) is 0 Å². The van der Waals surface area contributed by atoms with E-state index in [0.717, 1.165) is 16.3 Å². The van der Waals surface area contributed by atoms with Crippen molar-refractivity contribution >= 4 is 17.3 Å². The molecule has 2 aromatic rings. The molecule has 1 atom stereocenters. The van der Waals surface area contributed by atoms with E-state index in [2.05, 4.69) is 4.98 Å². The van der Waals surface area contributed by atoms with Crippen LogP contribution < -0.4 is 4.74 Å². The van der Waals surface area contributed by atoms with Crippen LogP contribution >= 0.6 is 11.3 Å². The van der Waals surface area contributed by atoms with Gasteiger partial charge in [0.15, 0.2) is 6.10 Å². The summed E-state index contributed by atoms with van der Waals surface area (Å²) < 4.78 is 5.35. The standard InChI is InChI=1S/C14H15NO3S/c1-8-10(3)19-13(15-8)11-5-4-6-12(7-11)18-9(2)14(16)17/h4-7,9H,1-3H3,(H,16,17). The molecule has 4 nitrogen and oxygen atoms in total. The quantitative estimate of drug-likeness (QED) is 0.931. The van der Waals surface area contributed by atoms with Crippen LogP contribution in [-0.4, -0.2) is 22.2 Å². The van der Waals surface area contributed by atoms with E-state index in [-0.39, 0.29) is 0 Å². The molecule has 1 aromatic heterocycles. The fourth-order valence-corrected chi connectivity index (χ4v) is 2.46. The van der Waals surface area contributed by atoms with Crippen LogP contribution in [-0.2, 0) is 4.79 Å². The summed E-state index contributed by atoms with van der Waals surface area (Å²) in [5.41, 5.74) is 1.96. The molecule has 0 amide bonds. The minimum Gasteiger partial charge on any atom is -0.479 e. The second-order valence-electron chi connectivity index (χ2n) is 4.29. The van der Waals surface area contributed by atoms with Crippen molar-refractivity contribution in [1.29, 1.82) is 0 Å².